The van der Waals surface area contributed by atoms with Crippen molar-refractivity contribution in [3.05, 3.63) is 27.9 Å². The number of amides is 1. The number of nitro groups is 1. The lowest BCUT2D eigenvalue weighted by Gasteiger charge is -2.34. The maximum Gasteiger partial charge on any atom is 0.321 e. The molecule has 3 rings (SSSR count). The Morgan fingerprint density at radius 2 is 2.20 bits per heavy atom. The molecule has 2 N–H and O–H groups in total. The largest absolute Gasteiger partial charge is 0.358 e. The third kappa shape index (κ3) is 2.64. The fourth-order valence-electron chi connectivity index (χ4n) is 3.02. The number of hydrogen-bond donors (Lipinski definition) is 2. The number of halogens is 1. The third-order valence-corrected chi connectivity index (χ3v) is 4.04. The summed E-state index contributed by atoms with van der Waals surface area (Å²) in [5.74, 6) is 0.238. The summed E-state index contributed by atoms with van der Waals surface area (Å²) in [6.45, 7) is 2.47. The summed E-state index contributed by atoms with van der Waals surface area (Å²) in [5, 5.41) is 14.0. The smallest absolute Gasteiger partial charge is 0.321 e. The van der Waals surface area contributed by atoms with Crippen molar-refractivity contribution in [1.82, 2.24) is 15.2 Å². The van der Waals surface area contributed by atoms with Gasteiger partial charge < -0.3 is 20.3 Å². The highest BCUT2D eigenvalue weighted by Crippen LogP contribution is 2.25. The molecule has 8 heteroatoms. The van der Waals surface area contributed by atoms with Crippen molar-refractivity contribution >= 4 is 24.1 Å². The van der Waals surface area contributed by atoms with E-state index in [0.29, 0.717) is 24.2 Å². The van der Waals surface area contributed by atoms with Gasteiger partial charge in [-0.3, -0.25) is 4.79 Å². The molecule has 0 bridgehead atoms. The summed E-state index contributed by atoms with van der Waals surface area (Å²) in [4.78, 5) is 26.7. The normalized spacial score (nSPS) is 24.9. The van der Waals surface area contributed by atoms with Crippen LogP contribution in [0.4, 0.5) is 5.82 Å². The fourth-order valence-corrected chi connectivity index (χ4v) is 3.02. The van der Waals surface area contributed by atoms with E-state index in [-0.39, 0.29) is 24.1 Å². The first-order chi connectivity index (χ1) is 9.15. The summed E-state index contributed by atoms with van der Waals surface area (Å²) < 4.78 is 0. The van der Waals surface area contributed by atoms with E-state index in [1.165, 1.54) is 12.1 Å². The summed E-state index contributed by atoms with van der Waals surface area (Å²) in [6, 6.07) is 3.35. The monoisotopic (exact) mass is 300 g/mol. The lowest BCUT2D eigenvalue weighted by atomic mass is 9.93. The Bertz CT molecular complexity index is 519. The molecule has 3 heterocycles. The van der Waals surface area contributed by atoms with Gasteiger partial charge in [-0.25, -0.2) is 4.98 Å². The summed E-state index contributed by atoms with van der Waals surface area (Å²) in [6.07, 6.45) is 2.05. The highest BCUT2D eigenvalue weighted by Gasteiger charge is 2.35. The zero-order chi connectivity index (χ0) is 13.4. The number of piperidine rings is 1. The van der Waals surface area contributed by atoms with Crippen LogP contribution in [0.25, 0.3) is 0 Å². The SMILES string of the molecule is Cl.O=C(c1ccc([N+](=O)[O-])[nH]1)N1CCC2NCCC2C1. The number of carbonyl (C=O) groups excluding carboxylic acids is 1. The second kappa shape index (κ2) is 5.80. The first kappa shape index (κ1) is 14.8. The van der Waals surface area contributed by atoms with Crippen molar-refractivity contribution in [1.29, 1.82) is 0 Å². The Labute approximate surface area is 122 Å². The Morgan fingerprint density at radius 3 is 2.90 bits per heavy atom. The lowest BCUT2D eigenvalue weighted by Crippen LogP contribution is -2.46. The van der Waals surface area contributed by atoms with Gasteiger partial charge in [0.2, 0.25) is 0 Å². The molecular formula is C12H17ClN4O3. The average molecular weight is 301 g/mol. The van der Waals surface area contributed by atoms with E-state index in [4.69, 9.17) is 0 Å². The Balaban J connectivity index is 0.00000147. The van der Waals surface area contributed by atoms with E-state index in [0.717, 1.165) is 25.9 Å². The molecule has 1 amide bonds. The van der Waals surface area contributed by atoms with Crippen molar-refractivity contribution < 1.29 is 9.72 Å². The van der Waals surface area contributed by atoms with Gasteiger partial charge in [-0.05, 0) is 36.3 Å². The molecule has 0 radical (unpaired) electrons. The van der Waals surface area contributed by atoms with E-state index in [1.54, 1.807) is 4.90 Å². The zero-order valence-corrected chi connectivity index (χ0v) is 11.7. The van der Waals surface area contributed by atoms with Crippen molar-refractivity contribution in [2.45, 2.75) is 18.9 Å². The van der Waals surface area contributed by atoms with Gasteiger partial charge in [0, 0.05) is 25.2 Å². The van der Waals surface area contributed by atoms with Crippen LogP contribution >= 0.6 is 12.4 Å². The predicted molar refractivity (Wildman–Crippen MR) is 75.1 cm³/mol. The topological polar surface area (TPSA) is 91.3 Å². The quantitative estimate of drug-likeness (QED) is 0.633. The van der Waals surface area contributed by atoms with Crippen molar-refractivity contribution in [2.24, 2.45) is 5.92 Å². The second-order valence-corrected chi connectivity index (χ2v) is 5.16. The van der Waals surface area contributed by atoms with E-state index in [9.17, 15) is 14.9 Å². The van der Waals surface area contributed by atoms with Gasteiger partial charge in [0.1, 0.15) is 0 Å². The van der Waals surface area contributed by atoms with Gasteiger partial charge in [0.05, 0.1) is 0 Å². The van der Waals surface area contributed by atoms with Crippen LogP contribution < -0.4 is 5.32 Å². The van der Waals surface area contributed by atoms with Gasteiger partial charge in [-0.15, -0.1) is 12.4 Å². The number of carbonyl (C=O) groups is 1. The molecule has 0 spiro atoms. The molecule has 0 aliphatic carbocycles. The number of aromatic amines is 1. The molecule has 2 fully saturated rings. The molecule has 2 unspecified atom stereocenters. The lowest BCUT2D eigenvalue weighted by molar-refractivity contribution is -0.389. The van der Waals surface area contributed by atoms with E-state index in [2.05, 4.69) is 10.3 Å². The number of aromatic nitrogens is 1. The van der Waals surface area contributed by atoms with Crippen LogP contribution in [0.3, 0.4) is 0 Å². The van der Waals surface area contributed by atoms with E-state index >= 15 is 0 Å². The number of H-pyrrole nitrogens is 1. The average Bonchev–Trinajstić information content (AvgIpc) is 3.06. The minimum absolute atomic E-state index is 0. The molecule has 7 nitrogen and oxygen atoms in total. The summed E-state index contributed by atoms with van der Waals surface area (Å²) in [7, 11) is 0. The van der Waals surface area contributed by atoms with E-state index < -0.39 is 4.92 Å². The zero-order valence-electron chi connectivity index (χ0n) is 10.9. The molecule has 2 aliphatic rings. The number of hydrogen-bond acceptors (Lipinski definition) is 4. The highest BCUT2D eigenvalue weighted by atomic mass is 35.5. The Kier molecular flexibility index (Phi) is 4.29. The van der Waals surface area contributed by atoms with Crippen LogP contribution in [-0.4, -0.2) is 46.4 Å². The van der Waals surface area contributed by atoms with Crippen LogP contribution in [0.2, 0.25) is 0 Å². The van der Waals surface area contributed by atoms with Gasteiger partial charge in [0.15, 0.2) is 5.69 Å². The molecule has 0 saturated carbocycles. The second-order valence-electron chi connectivity index (χ2n) is 5.16. The molecular weight excluding hydrogens is 284 g/mol. The van der Waals surface area contributed by atoms with Gasteiger partial charge in [-0.2, -0.15) is 0 Å². The van der Waals surface area contributed by atoms with Gasteiger partial charge in [0.25, 0.3) is 5.91 Å². The number of rotatable bonds is 2. The maximum atomic E-state index is 12.3. The van der Waals surface area contributed by atoms with Crippen LogP contribution in [-0.2, 0) is 0 Å². The van der Waals surface area contributed by atoms with Crippen LogP contribution in [0.1, 0.15) is 23.3 Å². The maximum absolute atomic E-state index is 12.3. The number of nitrogens with zero attached hydrogens (tertiary/aromatic N) is 2. The van der Waals surface area contributed by atoms with Gasteiger partial charge >= 0.3 is 5.82 Å². The predicted octanol–water partition coefficient (Wildman–Crippen LogP) is 1.17. The Hall–Kier alpha value is -1.60. The molecule has 1 aromatic heterocycles. The van der Waals surface area contributed by atoms with Crippen molar-refractivity contribution in [2.75, 3.05) is 19.6 Å². The number of fused-ring (bicyclic) bond motifs is 1. The molecule has 2 aliphatic heterocycles. The minimum atomic E-state index is -0.524. The molecule has 0 aromatic carbocycles. The molecule has 1 aromatic rings. The molecule has 110 valence electrons. The van der Waals surface area contributed by atoms with Crippen molar-refractivity contribution in [3.63, 3.8) is 0 Å². The van der Waals surface area contributed by atoms with Crippen LogP contribution in [0, 0.1) is 16.0 Å². The standard InChI is InChI=1S/C12H16N4O3.ClH/c17-12(10-1-2-11(14-10)16(18)19)15-6-4-9-8(7-15)3-5-13-9;/h1-2,8-9,13-14H,3-7H2;1H. The number of nitrogens with one attached hydrogen (secondary N) is 2. The molecule has 2 atom stereocenters. The number of likely N-dealkylation sites (tertiary alicyclic amines) is 1. The Morgan fingerprint density at radius 1 is 1.40 bits per heavy atom. The molecule has 20 heavy (non-hydrogen) atoms. The summed E-state index contributed by atoms with van der Waals surface area (Å²) in [5.41, 5.74) is 0.302. The fraction of sp³-hybridized carbons (Fsp3) is 0.583. The minimum Gasteiger partial charge on any atom is -0.358 e. The van der Waals surface area contributed by atoms with Crippen LogP contribution in [0.15, 0.2) is 12.1 Å². The first-order valence-electron chi connectivity index (χ1n) is 6.51. The van der Waals surface area contributed by atoms with E-state index in [1.807, 2.05) is 0 Å². The van der Waals surface area contributed by atoms with Gasteiger partial charge in [-0.1, -0.05) is 0 Å². The highest BCUT2D eigenvalue weighted by molar-refractivity contribution is 5.93. The molecule has 2 saturated heterocycles. The van der Waals surface area contributed by atoms with Crippen LogP contribution in [0.5, 0.6) is 0 Å². The van der Waals surface area contributed by atoms with Crippen molar-refractivity contribution in [3.8, 4) is 0 Å². The first-order valence-corrected chi connectivity index (χ1v) is 6.51. The third-order valence-electron chi connectivity index (χ3n) is 4.04. The summed E-state index contributed by atoms with van der Waals surface area (Å²) >= 11 is 0.